The minimum atomic E-state index is 0.0879. The molecule has 0 spiro atoms. The number of aryl methyl sites for hydroxylation is 1. The van der Waals surface area contributed by atoms with Crippen molar-refractivity contribution < 1.29 is 4.79 Å². The van der Waals surface area contributed by atoms with Crippen molar-refractivity contribution in [3.63, 3.8) is 0 Å². The number of hydrogen-bond donors (Lipinski definition) is 3. The third kappa shape index (κ3) is 4.22. The maximum atomic E-state index is 12.6. The van der Waals surface area contributed by atoms with E-state index in [2.05, 4.69) is 32.6 Å². The van der Waals surface area contributed by atoms with Crippen LogP contribution < -0.4 is 16.4 Å². The summed E-state index contributed by atoms with van der Waals surface area (Å²) in [6.45, 7) is 8.07. The lowest BCUT2D eigenvalue weighted by molar-refractivity contribution is -0.133. The average Bonchev–Trinajstić information content (AvgIpc) is 3.16. The van der Waals surface area contributed by atoms with Gasteiger partial charge >= 0.3 is 0 Å². The smallest absolute Gasteiger partial charge is 0.244 e. The molecule has 0 atom stereocenters. The Labute approximate surface area is 215 Å². The Kier molecular flexibility index (Phi) is 5.66. The van der Waals surface area contributed by atoms with Crippen LogP contribution in [0, 0.1) is 6.92 Å². The largest absolute Gasteiger partial charge is 0.383 e. The molecule has 0 aliphatic carbocycles. The summed E-state index contributed by atoms with van der Waals surface area (Å²) in [5, 5.41) is 13.1. The quantitative estimate of drug-likeness (QED) is 0.390. The van der Waals surface area contributed by atoms with Gasteiger partial charge in [-0.2, -0.15) is 5.10 Å². The van der Waals surface area contributed by atoms with Gasteiger partial charge in [0.25, 0.3) is 0 Å². The van der Waals surface area contributed by atoms with E-state index in [1.807, 2.05) is 43.1 Å². The van der Waals surface area contributed by atoms with Gasteiger partial charge in [-0.25, -0.2) is 9.97 Å². The second-order valence-electron chi connectivity index (χ2n) is 10.1. The fourth-order valence-corrected chi connectivity index (χ4v) is 5.30. The number of anilines is 4. The molecule has 2 aliphatic heterocycles. The summed E-state index contributed by atoms with van der Waals surface area (Å²) in [4.78, 5) is 28.4. The van der Waals surface area contributed by atoms with Crippen molar-refractivity contribution >= 4 is 39.8 Å². The van der Waals surface area contributed by atoms with Gasteiger partial charge in [-0.1, -0.05) is 0 Å². The van der Waals surface area contributed by atoms with Gasteiger partial charge in [0, 0.05) is 60.7 Å². The van der Waals surface area contributed by atoms with Crippen LogP contribution in [0.5, 0.6) is 0 Å². The number of aromatic nitrogens is 5. The van der Waals surface area contributed by atoms with Crippen LogP contribution >= 0.6 is 0 Å². The van der Waals surface area contributed by atoms with Crippen LogP contribution in [0.1, 0.15) is 37.2 Å². The number of nitrogens with one attached hydrogen (secondary N) is 2. The molecule has 1 amide bonds. The molecule has 0 saturated carbocycles. The van der Waals surface area contributed by atoms with Crippen molar-refractivity contribution in [2.24, 2.45) is 0 Å². The van der Waals surface area contributed by atoms with E-state index in [9.17, 15) is 4.79 Å². The number of hydrogen-bond acceptors (Lipinski definition) is 8. The molecular weight excluding hydrogens is 466 g/mol. The highest BCUT2D eigenvalue weighted by Crippen LogP contribution is 2.34. The summed E-state index contributed by atoms with van der Waals surface area (Å²) in [5.41, 5.74) is 12.5. The number of nitrogens with two attached hydrogens (primary N) is 1. The Hall–Kier alpha value is -4.21. The van der Waals surface area contributed by atoms with Crippen molar-refractivity contribution in [3.05, 3.63) is 47.5 Å². The zero-order valence-corrected chi connectivity index (χ0v) is 21.4. The first-order chi connectivity index (χ1) is 17.9. The molecule has 0 radical (unpaired) electrons. The lowest BCUT2D eigenvalue weighted by Crippen LogP contribution is -2.38. The molecule has 6 rings (SSSR count). The number of rotatable bonds is 4. The van der Waals surface area contributed by atoms with Crippen molar-refractivity contribution in [3.8, 4) is 11.3 Å². The van der Waals surface area contributed by atoms with Crippen LogP contribution in [0.3, 0.4) is 0 Å². The second-order valence-corrected chi connectivity index (χ2v) is 10.1. The van der Waals surface area contributed by atoms with E-state index in [1.54, 1.807) is 10.9 Å². The number of fused-ring (bicyclic) bond motifs is 3. The topological polar surface area (TPSA) is 127 Å². The lowest BCUT2D eigenvalue weighted by Gasteiger charge is -2.24. The molecule has 190 valence electrons. The number of pyridine rings is 3. The Bertz CT molecular complexity index is 1520. The first-order valence-electron chi connectivity index (χ1n) is 12.8. The van der Waals surface area contributed by atoms with Gasteiger partial charge in [0.05, 0.1) is 17.1 Å². The van der Waals surface area contributed by atoms with Crippen LogP contribution in [0.2, 0.25) is 0 Å². The van der Waals surface area contributed by atoms with Crippen molar-refractivity contribution in [1.82, 2.24) is 29.6 Å². The highest BCUT2D eigenvalue weighted by atomic mass is 16.2. The van der Waals surface area contributed by atoms with Crippen LogP contribution in [0.15, 0.2) is 30.6 Å². The van der Waals surface area contributed by atoms with Crippen molar-refractivity contribution in [2.45, 2.75) is 52.6 Å². The number of nitrogens with zero attached hydrogens (tertiary/aromatic N) is 6. The minimum Gasteiger partial charge on any atom is -0.383 e. The molecule has 10 heteroatoms. The van der Waals surface area contributed by atoms with Crippen LogP contribution in [-0.4, -0.2) is 54.7 Å². The molecule has 4 N–H and O–H groups in total. The summed E-state index contributed by atoms with van der Waals surface area (Å²) in [5.74, 6) is 1.83. The van der Waals surface area contributed by atoms with Crippen LogP contribution in [0.25, 0.3) is 22.0 Å². The van der Waals surface area contributed by atoms with Gasteiger partial charge in [0.2, 0.25) is 5.91 Å². The number of nitrogen functional groups attached to an aromatic ring is 1. The SMILES string of the molecule is Cc1c(-c2cc3cc(Nc4cc5n(n4)CC(=O)N(C(C)C)CC5)ncc3c(N)n2)cnc2c1NCCC2. The predicted octanol–water partition coefficient (Wildman–Crippen LogP) is 3.67. The number of amides is 1. The first kappa shape index (κ1) is 23.2. The molecule has 37 heavy (non-hydrogen) atoms. The van der Waals surface area contributed by atoms with Gasteiger partial charge in [0.1, 0.15) is 18.2 Å². The standard InChI is InChI=1S/C27H31N9O/c1-15(2)35-8-6-18-11-24(34-36(18)14-25(35)37)33-23-10-17-9-22(32-27(28)20(17)13-31-23)19-12-30-21-5-4-7-29-26(21)16(19)3/h9-13,15,29H,4-8,14H2,1-3H3,(H2,28,32)(H,31,33,34). The Morgan fingerprint density at radius 3 is 2.81 bits per heavy atom. The van der Waals surface area contributed by atoms with Gasteiger partial charge in [-0.15, -0.1) is 0 Å². The monoisotopic (exact) mass is 497 g/mol. The summed E-state index contributed by atoms with van der Waals surface area (Å²) in [6, 6.07) is 6.15. The predicted molar refractivity (Wildman–Crippen MR) is 145 cm³/mol. The fourth-order valence-electron chi connectivity index (χ4n) is 5.30. The van der Waals surface area contributed by atoms with Gasteiger partial charge < -0.3 is 21.3 Å². The molecule has 4 aromatic heterocycles. The maximum absolute atomic E-state index is 12.6. The zero-order valence-electron chi connectivity index (χ0n) is 21.4. The van der Waals surface area contributed by atoms with Crippen LogP contribution in [0.4, 0.5) is 23.1 Å². The first-order valence-corrected chi connectivity index (χ1v) is 12.8. The molecule has 4 aromatic rings. The van der Waals surface area contributed by atoms with E-state index in [1.165, 1.54) is 0 Å². The zero-order chi connectivity index (χ0) is 25.7. The molecule has 6 heterocycles. The molecule has 2 aliphatic rings. The molecule has 0 unspecified atom stereocenters. The maximum Gasteiger partial charge on any atom is 0.244 e. The van der Waals surface area contributed by atoms with Gasteiger partial charge in [-0.05, 0) is 56.7 Å². The number of carbonyl (C=O) groups is 1. The van der Waals surface area contributed by atoms with Crippen LogP contribution in [-0.2, 0) is 24.2 Å². The molecule has 10 nitrogen and oxygen atoms in total. The van der Waals surface area contributed by atoms with E-state index in [-0.39, 0.29) is 18.5 Å². The van der Waals surface area contributed by atoms with Crippen molar-refractivity contribution in [1.29, 1.82) is 0 Å². The van der Waals surface area contributed by atoms with Gasteiger partial charge in [0.15, 0.2) is 5.82 Å². The van der Waals surface area contributed by atoms with E-state index in [4.69, 9.17) is 10.7 Å². The minimum absolute atomic E-state index is 0.0879. The molecule has 0 aromatic carbocycles. The Morgan fingerprint density at radius 2 is 1.97 bits per heavy atom. The van der Waals surface area contributed by atoms with Crippen molar-refractivity contribution in [2.75, 3.05) is 29.5 Å². The van der Waals surface area contributed by atoms with Gasteiger partial charge in [-0.3, -0.25) is 14.5 Å². The molecule has 0 fully saturated rings. The Morgan fingerprint density at radius 1 is 1.11 bits per heavy atom. The highest BCUT2D eigenvalue weighted by molar-refractivity contribution is 5.95. The van der Waals surface area contributed by atoms with E-state index >= 15 is 0 Å². The molecular formula is C27H31N9O. The highest BCUT2D eigenvalue weighted by Gasteiger charge is 2.24. The summed E-state index contributed by atoms with van der Waals surface area (Å²) >= 11 is 0. The normalized spacial score (nSPS) is 15.4. The fraction of sp³-hybridized carbons (Fsp3) is 0.370. The molecule has 0 saturated heterocycles. The van der Waals surface area contributed by atoms with E-state index < -0.39 is 0 Å². The third-order valence-electron chi connectivity index (χ3n) is 7.29. The Balaban J connectivity index is 1.30. The van der Waals surface area contributed by atoms with E-state index in [0.717, 1.165) is 70.5 Å². The second kappa shape index (κ2) is 9.02. The lowest BCUT2D eigenvalue weighted by atomic mass is 9.99. The van der Waals surface area contributed by atoms with E-state index in [0.29, 0.717) is 24.0 Å². The number of carbonyl (C=O) groups excluding carboxylic acids is 1. The summed E-state index contributed by atoms with van der Waals surface area (Å²) in [7, 11) is 0. The summed E-state index contributed by atoms with van der Waals surface area (Å²) in [6.07, 6.45) is 6.47. The molecule has 0 bridgehead atoms. The average molecular weight is 498 g/mol. The third-order valence-corrected chi connectivity index (χ3v) is 7.29. The summed E-state index contributed by atoms with van der Waals surface area (Å²) < 4.78 is 1.79.